The second kappa shape index (κ2) is 7.10. The van der Waals surface area contributed by atoms with E-state index in [1.165, 1.54) is 12.1 Å². The van der Waals surface area contributed by atoms with Crippen LogP contribution >= 0.6 is 0 Å². The van der Waals surface area contributed by atoms with E-state index in [2.05, 4.69) is 0 Å². The topological polar surface area (TPSA) is 147 Å². The van der Waals surface area contributed by atoms with Crippen LogP contribution in [0.5, 0.6) is 5.75 Å². The number of allylic oxidation sites excluding steroid dienone is 1. The Bertz CT molecular complexity index is 1120. The Morgan fingerprint density at radius 2 is 2.24 bits per heavy atom. The first kappa shape index (κ1) is 18.8. The van der Waals surface area contributed by atoms with Crippen molar-refractivity contribution < 1.29 is 18.8 Å². The largest absolute Gasteiger partial charge is 0.440 e. The number of fused-ring (bicyclic) bond motifs is 1. The van der Waals surface area contributed by atoms with Crippen molar-refractivity contribution in [2.45, 2.75) is 38.3 Å². The van der Waals surface area contributed by atoms with Crippen molar-refractivity contribution in [3.63, 3.8) is 0 Å². The Balaban J connectivity index is 1.88. The number of hydrogen-bond donors (Lipinski definition) is 1. The number of nitro groups is 1. The molecule has 0 bridgehead atoms. The fourth-order valence-corrected chi connectivity index (χ4v) is 3.79. The fourth-order valence-electron chi connectivity index (χ4n) is 3.79. The summed E-state index contributed by atoms with van der Waals surface area (Å²) < 4.78 is 18.1. The van der Waals surface area contributed by atoms with E-state index in [4.69, 9.17) is 19.6 Å². The molecule has 10 nitrogen and oxygen atoms in total. The van der Waals surface area contributed by atoms with Gasteiger partial charge < -0.3 is 24.2 Å². The number of pyridine rings is 1. The maximum atomic E-state index is 13.4. The first-order valence-corrected chi connectivity index (χ1v) is 9.08. The van der Waals surface area contributed by atoms with Gasteiger partial charge in [0, 0.05) is 18.4 Å². The van der Waals surface area contributed by atoms with Crippen molar-refractivity contribution in [3.05, 3.63) is 67.1 Å². The number of nitriles is 1. The average molecular weight is 398 g/mol. The molecule has 1 saturated heterocycles. The minimum absolute atomic E-state index is 0.0358. The molecular formula is C19H18N4O6. The van der Waals surface area contributed by atoms with Gasteiger partial charge >= 0.3 is 5.88 Å². The number of furan rings is 1. The Kier molecular flexibility index (Phi) is 4.60. The molecule has 150 valence electrons. The third-order valence-corrected chi connectivity index (χ3v) is 5.18. The lowest BCUT2D eigenvalue weighted by atomic mass is 9.88. The van der Waals surface area contributed by atoms with Gasteiger partial charge in [-0.1, -0.05) is 0 Å². The lowest BCUT2D eigenvalue weighted by molar-refractivity contribution is -0.402. The number of nitrogens with two attached hydrogens (primary N) is 1. The first-order chi connectivity index (χ1) is 13.9. The first-order valence-electron chi connectivity index (χ1n) is 9.08. The number of hydrogen-bond acceptors (Lipinski definition) is 8. The van der Waals surface area contributed by atoms with Gasteiger partial charge in [0.05, 0.1) is 30.2 Å². The molecule has 29 heavy (non-hydrogen) atoms. The summed E-state index contributed by atoms with van der Waals surface area (Å²) in [5.74, 6) is -1.38. The average Bonchev–Trinajstić information content (AvgIpc) is 3.36. The number of rotatable bonds is 4. The standard InChI is InChI=1S/C19H18N4O6/c1-10-7-14-17(19(24)22(10)9-11-3-2-6-27-11)16(12(8-20)18(21)29-14)13-4-5-15(28-13)23(25)26/h4-5,7,11,16H,2-3,6,9,21H2,1H3/t11-,16-/m0/s1. The molecule has 2 aromatic rings. The third kappa shape index (κ3) is 3.15. The number of ether oxygens (including phenoxy) is 2. The fraction of sp³-hybridized carbons (Fsp3) is 0.368. The summed E-state index contributed by atoms with van der Waals surface area (Å²) in [5, 5.41) is 20.6. The van der Waals surface area contributed by atoms with Gasteiger partial charge in [-0.25, -0.2) is 0 Å². The molecule has 0 unspecified atom stereocenters. The SMILES string of the molecule is Cc1cc2c(c(=O)n1C[C@@H]1CCCO1)[C@H](c1ccc([N+](=O)[O-])o1)C(C#N)=C(N)O2. The van der Waals surface area contributed by atoms with Gasteiger partial charge in [-0.05, 0) is 25.8 Å². The molecule has 2 aliphatic heterocycles. The normalized spacial score (nSPS) is 20.8. The Morgan fingerprint density at radius 3 is 2.86 bits per heavy atom. The lowest BCUT2D eigenvalue weighted by Crippen LogP contribution is -2.34. The zero-order valence-electron chi connectivity index (χ0n) is 15.6. The predicted molar refractivity (Wildman–Crippen MR) is 99.1 cm³/mol. The molecule has 2 N–H and O–H groups in total. The second-order valence-corrected chi connectivity index (χ2v) is 6.97. The van der Waals surface area contributed by atoms with Crippen LogP contribution in [0.4, 0.5) is 5.88 Å². The number of aromatic nitrogens is 1. The summed E-state index contributed by atoms with van der Waals surface area (Å²) in [4.78, 5) is 23.7. The monoisotopic (exact) mass is 398 g/mol. The van der Waals surface area contributed by atoms with Crippen LogP contribution in [0.25, 0.3) is 0 Å². The van der Waals surface area contributed by atoms with E-state index < -0.39 is 16.7 Å². The van der Waals surface area contributed by atoms with E-state index >= 15 is 0 Å². The van der Waals surface area contributed by atoms with Crippen molar-refractivity contribution in [3.8, 4) is 11.8 Å². The third-order valence-electron chi connectivity index (χ3n) is 5.18. The molecule has 0 radical (unpaired) electrons. The van der Waals surface area contributed by atoms with Crippen molar-refractivity contribution in [2.24, 2.45) is 5.73 Å². The van der Waals surface area contributed by atoms with Crippen LogP contribution in [0, 0.1) is 28.4 Å². The van der Waals surface area contributed by atoms with Crippen molar-refractivity contribution in [1.82, 2.24) is 4.57 Å². The Morgan fingerprint density at radius 1 is 1.45 bits per heavy atom. The summed E-state index contributed by atoms with van der Waals surface area (Å²) in [6.45, 7) is 2.79. The van der Waals surface area contributed by atoms with Crippen LogP contribution in [0.15, 0.2) is 38.9 Å². The minimum atomic E-state index is -0.999. The summed E-state index contributed by atoms with van der Waals surface area (Å²) in [6.07, 6.45) is 1.71. The second-order valence-electron chi connectivity index (χ2n) is 6.97. The minimum Gasteiger partial charge on any atom is -0.440 e. The van der Waals surface area contributed by atoms with Gasteiger partial charge in [0.15, 0.2) is 0 Å². The van der Waals surface area contributed by atoms with Crippen LogP contribution in [0.1, 0.15) is 35.8 Å². The van der Waals surface area contributed by atoms with E-state index in [0.29, 0.717) is 18.8 Å². The molecule has 2 atom stereocenters. The van der Waals surface area contributed by atoms with Gasteiger partial charge in [-0.2, -0.15) is 5.26 Å². The molecule has 0 spiro atoms. The highest BCUT2D eigenvalue weighted by atomic mass is 16.6. The maximum absolute atomic E-state index is 13.4. The molecule has 10 heteroatoms. The Labute approximate surface area is 164 Å². The molecular weight excluding hydrogens is 380 g/mol. The van der Waals surface area contributed by atoms with Crippen LogP contribution in [0.2, 0.25) is 0 Å². The Hall–Kier alpha value is -3.58. The van der Waals surface area contributed by atoms with Crippen molar-refractivity contribution >= 4 is 5.88 Å². The highest BCUT2D eigenvalue weighted by Gasteiger charge is 2.37. The molecule has 2 aliphatic rings. The van der Waals surface area contributed by atoms with Crippen LogP contribution < -0.4 is 16.0 Å². The molecule has 2 aromatic heterocycles. The molecule has 1 fully saturated rings. The predicted octanol–water partition coefficient (Wildman–Crippen LogP) is 2.06. The summed E-state index contributed by atoms with van der Waals surface area (Å²) in [7, 11) is 0. The summed E-state index contributed by atoms with van der Waals surface area (Å²) in [6, 6.07) is 6.15. The van der Waals surface area contributed by atoms with E-state index in [9.17, 15) is 20.2 Å². The highest BCUT2D eigenvalue weighted by molar-refractivity contribution is 5.54. The number of nitrogens with zero attached hydrogens (tertiary/aromatic N) is 3. The zero-order chi connectivity index (χ0) is 20.7. The molecule has 4 rings (SSSR count). The van der Waals surface area contributed by atoms with Crippen molar-refractivity contribution in [2.75, 3.05) is 6.61 Å². The van der Waals surface area contributed by atoms with E-state index in [1.54, 1.807) is 17.6 Å². The highest BCUT2D eigenvalue weighted by Crippen LogP contribution is 2.41. The van der Waals surface area contributed by atoms with Crippen LogP contribution in [0.3, 0.4) is 0 Å². The van der Waals surface area contributed by atoms with E-state index in [1.807, 2.05) is 6.07 Å². The molecule has 0 amide bonds. The van der Waals surface area contributed by atoms with Gasteiger partial charge in [0.1, 0.15) is 28.1 Å². The van der Waals surface area contributed by atoms with Gasteiger partial charge in [-0.3, -0.25) is 14.9 Å². The van der Waals surface area contributed by atoms with E-state index in [-0.39, 0.29) is 40.2 Å². The van der Waals surface area contributed by atoms with Gasteiger partial charge in [0.2, 0.25) is 5.88 Å². The lowest BCUT2D eigenvalue weighted by Gasteiger charge is -2.26. The summed E-state index contributed by atoms with van der Waals surface area (Å²) in [5.41, 5.74) is 6.30. The van der Waals surface area contributed by atoms with E-state index in [0.717, 1.165) is 12.8 Å². The molecule has 0 aliphatic carbocycles. The molecule has 0 aromatic carbocycles. The number of aryl methyl sites for hydroxylation is 1. The zero-order valence-corrected chi connectivity index (χ0v) is 15.6. The quantitative estimate of drug-likeness (QED) is 0.608. The van der Waals surface area contributed by atoms with Gasteiger partial charge in [0.25, 0.3) is 5.56 Å². The van der Waals surface area contributed by atoms with Gasteiger partial charge in [-0.15, -0.1) is 0 Å². The van der Waals surface area contributed by atoms with Crippen LogP contribution in [-0.2, 0) is 11.3 Å². The smallest absolute Gasteiger partial charge is 0.433 e. The maximum Gasteiger partial charge on any atom is 0.433 e. The molecule has 0 saturated carbocycles. The summed E-state index contributed by atoms with van der Waals surface area (Å²) >= 11 is 0. The molecule has 4 heterocycles. The van der Waals surface area contributed by atoms with Crippen molar-refractivity contribution in [1.29, 1.82) is 5.26 Å². The van der Waals surface area contributed by atoms with Crippen LogP contribution in [-0.4, -0.2) is 22.2 Å².